The van der Waals surface area contributed by atoms with Gasteiger partial charge in [0.25, 0.3) is 5.91 Å². The summed E-state index contributed by atoms with van der Waals surface area (Å²) in [5.41, 5.74) is -1.38. The van der Waals surface area contributed by atoms with Crippen LogP contribution in [0.1, 0.15) is 15.9 Å². The van der Waals surface area contributed by atoms with Crippen LogP contribution in [0, 0.1) is 11.3 Å². The molecule has 0 atom stereocenters. The van der Waals surface area contributed by atoms with Gasteiger partial charge in [-0.1, -0.05) is 24.3 Å². The van der Waals surface area contributed by atoms with Gasteiger partial charge in [0.05, 0.1) is 28.6 Å². The van der Waals surface area contributed by atoms with E-state index in [0.29, 0.717) is 10.6 Å². The van der Waals surface area contributed by atoms with Gasteiger partial charge in [0.1, 0.15) is 0 Å². The summed E-state index contributed by atoms with van der Waals surface area (Å²) >= 11 is 1.21. The van der Waals surface area contributed by atoms with Crippen LogP contribution >= 0.6 is 11.8 Å². The van der Waals surface area contributed by atoms with Crippen LogP contribution in [0.15, 0.2) is 53.4 Å². The molecule has 0 fully saturated rings. The van der Waals surface area contributed by atoms with Gasteiger partial charge in [0, 0.05) is 4.90 Å². The number of benzene rings is 2. The third-order valence-corrected chi connectivity index (χ3v) is 4.18. The van der Waals surface area contributed by atoms with Gasteiger partial charge in [-0.2, -0.15) is 18.4 Å². The number of ether oxygens (including phenoxy) is 1. The molecule has 0 radical (unpaired) electrons. The lowest BCUT2D eigenvalue weighted by Gasteiger charge is -2.13. The quantitative estimate of drug-likeness (QED) is 0.589. The number of thioether (sulfide) groups is 1. The van der Waals surface area contributed by atoms with Crippen molar-refractivity contribution in [1.29, 1.82) is 5.26 Å². The molecule has 0 aliphatic heterocycles. The highest BCUT2D eigenvalue weighted by molar-refractivity contribution is 7.99. The van der Waals surface area contributed by atoms with Crippen molar-refractivity contribution in [3.63, 3.8) is 0 Å². The zero-order chi connectivity index (χ0) is 19.9. The lowest BCUT2D eigenvalue weighted by atomic mass is 10.1. The molecule has 5 nitrogen and oxygen atoms in total. The molecule has 0 saturated carbocycles. The molecule has 9 heteroatoms. The van der Waals surface area contributed by atoms with Crippen molar-refractivity contribution in [2.75, 3.05) is 17.7 Å². The number of rotatable bonds is 6. The van der Waals surface area contributed by atoms with Crippen LogP contribution in [0.3, 0.4) is 0 Å². The van der Waals surface area contributed by atoms with E-state index >= 15 is 0 Å². The number of nitriles is 1. The third-order valence-electron chi connectivity index (χ3n) is 3.24. The van der Waals surface area contributed by atoms with E-state index in [1.54, 1.807) is 24.3 Å². The standard InChI is InChI=1S/C18H13F3N2O3S/c19-18(20,21)13-6-2-1-5-12(13)17(25)26-11-16(24)23-14-7-3-4-8-15(14)27-10-9-22/h1-8H,10-11H2,(H,23,24). The largest absolute Gasteiger partial charge is 0.452 e. The van der Waals surface area contributed by atoms with Gasteiger partial charge in [-0.3, -0.25) is 4.79 Å². The smallest absolute Gasteiger partial charge is 0.417 e. The molecule has 2 rings (SSSR count). The second-order valence-corrected chi connectivity index (χ2v) is 6.13. The van der Waals surface area contributed by atoms with Crippen LogP contribution in [0.4, 0.5) is 18.9 Å². The second-order valence-electron chi connectivity index (χ2n) is 5.11. The fourth-order valence-corrected chi connectivity index (χ4v) is 2.78. The molecule has 0 aliphatic rings. The number of alkyl halides is 3. The summed E-state index contributed by atoms with van der Waals surface area (Å²) in [6.07, 6.45) is -4.71. The van der Waals surface area contributed by atoms with Crippen molar-refractivity contribution in [3.8, 4) is 6.07 Å². The summed E-state index contributed by atoms with van der Waals surface area (Å²) < 4.78 is 43.5. The number of halogens is 3. The minimum Gasteiger partial charge on any atom is -0.452 e. The number of esters is 1. The predicted molar refractivity (Wildman–Crippen MR) is 93.1 cm³/mol. The number of hydrogen-bond acceptors (Lipinski definition) is 5. The number of carbonyl (C=O) groups excluding carboxylic acids is 2. The van der Waals surface area contributed by atoms with E-state index in [9.17, 15) is 22.8 Å². The molecule has 0 spiro atoms. The Morgan fingerprint density at radius 2 is 1.78 bits per heavy atom. The molecule has 0 aliphatic carbocycles. The predicted octanol–water partition coefficient (Wildman–Crippen LogP) is 4.12. The van der Waals surface area contributed by atoms with Crippen LogP contribution in [0.2, 0.25) is 0 Å². The van der Waals surface area contributed by atoms with Gasteiger partial charge >= 0.3 is 12.1 Å². The minimum absolute atomic E-state index is 0.177. The monoisotopic (exact) mass is 394 g/mol. The Kier molecular flexibility index (Phi) is 6.85. The number of carbonyl (C=O) groups is 2. The lowest BCUT2D eigenvalue weighted by Crippen LogP contribution is -2.22. The average molecular weight is 394 g/mol. The number of nitrogens with one attached hydrogen (secondary N) is 1. The molecule has 27 heavy (non-hydrogen) atoms. The van der Waals surface area contributed by atoms with Gasteiger partial charge in [0.15, 0.2) is 6.61 Å². The number of hydrogen-bond donors (Lipinski definition) is 1. The number of nitrogens with zero attached hydrogens (tertiary/aromatic N) is 1. The summed E-state index contributed by atoms with van der Waals surface area (Å²) in [5.74, 6) is -1.78. The second kappa shape index (κ2) is 9.09. The zero-order valence-corrected chi connectivity index (χ0v) is 14.6. The first-order chi connectivity index (χ1) is 12.8. The van der Waals surface area contributed by atoms with E-state index in [-0.39, 0.29) is 5.75 Å². The molecule has 1 N–H and O–H groups in total. The van der Waals surface area contributed by atoms with E-state index in [0.717, 1.165) is 18.2 Å². The average Bonchev–Trinajstić information content (AvgIpc) is 2.64. The highest BCUT2D eigenvalue weighted by Crippen LogP contribution is 2.32. The first-order valence-electron chi connectivity index (χ1n) is 7.55. The summed E-state index contributed by atoms with van der Waals surface area (Å²) in [6, 6.07) is 12.8. The normalized spacial score (nSPS) is 10.7. The maximum absolute atomic E-state index is 12.9. The van der Waals surface area contributed by atoms with E-state index in [1.807, 2.05) is 6.07 Å². The first-order valence-corrected chi connectivity index (χ1v) is 8.53. The van der Waals surface area contributed by atoms with Crippen LogP contribution < -0.4 is 5.32 Å². The number of anilines is 1. The highest BCUT2D eigenvalue weighted by Gasteiger charge is 2.35. The molecule has 0 unspecified atom stereocenters. The molecule has 0 heterocycles. The van der Waals surface area contributed by atoms with Crippen molar-refractivity contribution in [1.82, 2.24) is 0 Å². The Morgan fingerprint density at radius 1 is 1.11 bits per heavy atom. The van der Waals surface area contributed by atoms with Gasteiger partial charge in [0.2, 0.25) is 0 Å². The third kappa shape index (κ3) is 5.76. The number of para-hydroxylation sites is 1. The Bertz CT molecular complexity index is 879. The van der Waals surface area contributed by atoms with Gasteiger partial charge in [-0.05, 0) is 24.3 Å². The maximum Gasteiger partial charge on any atom is 0.417 e. The van der Waals surface area contributed by atoms with Crippen molar-refractivity contribution >= 4 is 29.3 Å². The van der Waals surface area contributed by atoms with E-state index in [2.05, 4.69) is 5.32 Å². The molecule has 2 aromatic carbocycles. The SMILES string of the molecule is N#CCSc1ccccc1NC(=O)COC(=O)c1ccccc1C(F)(F)F. The molecular formula is C18H13F3N2O3S. The Hall–Kier alpha value is -2.99. The van der Waals surface area contributed by atoms with E-state index < -0.39 is 35.8 Å². The number of amides is 1. The molecule has 0 aromatic heterocycles. The topological polar surface area (TPSA) is 79.2 Å². The lowest BCUT2D eigenvalue weighted by molar-refractivity contribution is -0.138. The maximum atomic E-state index is 12.9. The van der Waals surface area contributed by atoms with Crippen LogP contribution in [-0.2, 0) is 15.7 Å². The first kappa shape index (κ1) is 20.3. The van der Waals surface area contributed by atoms with E-state index in [1.165, 1.54) is 17.8 Å². The van der Waals surface area contributed by atoms with Gasteiger partial charge in [-0.15, -0.1) is 11.8 Å². The minimum atomic E-state index is -4.71. The molecule has 140 valence electrons. The zero-order valence-electron chi connectivity index (χ0n) is 13.7. The van der Waals surface area contributed by atoms with Gasteiger partial charge in [-0.25, -0.2) is 4.79 Å². The molecule has 0 bridgehead atoms. The molecular weight excluding hydrogens is 381 g/mol. The van der Waals surface area contributed by atoms with Gasteiger partial charge < -0.3 is 10.1 Å². The summed E-state index contributed by atoms with van der Waals surface area (Å²) in [4.78, 5) is 24.5. The van der Waals surface area contributed by atoms with Crippen LogP contribution in [0.5, 0.6) is 0 Å². The van der Waals surface area contributed by atoms with Crippen molar-refractivity contribution in [2.45, 2.75) is 11.1 Å². The van der Waals surface area contributed by atoms with Crippen LogP contribution in [0.25, 0.3) is 0 Å². The Balaban J connectivity index is 2.01. The van der Waals surface area contributed by atoms with Crippen molar-refractivity contribution in [3.05, 3.63) is 59.7 Å². The van der Waals surface area contributed by atoms with Crippen molar-refractivity contribution in [2.24, 2.45) is 0 Å². The van der Waals surface area contributed by atoms with Crippen molar-refractivity contribution < 1.29 is 27.5 Å². The summed E-state index contributed by atoms with van der Waals surface area (Å²) in [7, 11) is 0. The molecule has 1 amide bonds. The molecule has 2 aromatic rings. The Morgan fingerprint density at radius 3 is 2.48 bits per heavy atom. The molecule has 0 saturated heterocycles. The highest BCUT2D eigenvalue weighted by atomic mass is 32.2. The summed E-state index contributed by atoms with van der Waals surface area (Å²) in [6.45, 7) is -0.748. The fraction of sp³-hybridized carbons (Fsp3) is 0.167. The van der Waals surface area contributed by atoms with E-state index in [4.69, 9.17) is 10.00 Å². The summed E-state index contributed by atoms with van der Waals surface area (Å²) in [5, 5.41) is 11.1. The fourth-order valence-electron chi connectivity index (χ4n) is 2.11. The Labute approximate surface area is 157 Å². The van der Waals surface area contributed by atoms with Crippen LogP contribution in [-0.4, -0.2) is 24.2 Å².